The zero-order valence-corrected chi connectivity index (χ0v) is 61.9. The molecule has 0 amide bonds. The molecule has 23 aromatic rings. The summed E-state index contributed by atoms with van der Waals surface area (Å²) in [6, 6.07) is 134. The van der Waals surface area contributed by atoms with Gasteiger partial charge < -0.3 is 0 Å². The van der Waals surface area contributed by atoms with Crippen molar-refractivity contribution in [2.45, 2.75) is 0 Å². The molecule has 0 saturated carbocycles. The topological polar surface area (TPSA) is 77.3 Å². The van der Waals surface area contributed by atoms with Crippen LogP contribution in [-0.4, -0.2) is 29.9 Å². The molecule has 0 spiro atoms. The minimum absolute atomic E-state index is 0.686. The Labute approximate surface area is 652 Å². The minimum Gasteiger partial charge on any atom is -0.247 e. The van der Waals surface area contributed by atoms with Crippen molar-refractivity contribution in [2.24, 2.45) is 0 Å². The van der Waals surface area contributed by atoms with E-state index < -0.39 is 0 Å². The fourth-order valence-corrected chi connectivity index (χ4v) is 19.5. The average Bonchev–Trinajstić information content (AvgIpc) is 1.50. The number of hydrogen-bond donors (Lipinski definition) is 0. The molecule has 6 heterocycles. The molecule has 0 unspecified atom stereocenters. The molecule has 0 fully saturated rings. The van der Waals surface area contributed by atoms with Gasteiger partial charge in [-0.05, 0) is 124 Å². The molecule has 17 aromatic carbocycles. The minimum atomic E-state index is 0.686. The molecule has 0 aliphatic rings. The highest BCUT2D eigenvalue weighted by Gasteiger charge is 2.25. The van der Waals surface area contributed by atoms with Crippen LogP contribution in [0.3, 0.4) is 0 Å². The van der Waals surface area contributed by atoms with Crippen molar-refractivity contribution in [2.75, 3.05) is 0 Å². The summed E-state index contributed by atoms with van der Waals surface area (Å²) in [6.45, 7) is 0. The van der Waals surface area contributed by atoms with Gasteiger partial charge in [-0.1, -0.05) is 328 Å². The highest BCUT2D eigenvalue weighted by atomic mass is 32.1. The fourth-order valence-electron chi connectivity index (χ4n) is 16.9. The SMILES string of the molecule is c1ccc(-c2cc(-c3ccccc3)nc(-c3cccc4nc(-c5ccc6c7ccccc7c7ccccc7c6c5)c5c6ccccc6sc5c34)n2)cc1.c1ccc(-c2ccc(-c3nc(-c4ccccc4)cc(-c4cccc5nc(-c6ccc7c8ccccc8c8ccccc8c7c6)c6c7ccccc7sc6c45)n3)cc2)cc1. The lowest BCUT2D eigenvalue weighted by atomic mass is 9.92. The van der Waals surface area contributed by atoms with Crippen molar-refractivity contribution < 1.29 is 0 Å². The number of nitrogens with zero attached hydrogens (tertiary/aromatic N) is 6. The predicted molar refractivity (Wildman–Crippen MR) is 474 cm³/mol. The number of pyridine rings is 2. The monoisotopic (exact) mass is 1460 g/mol. The molecule has 0 bridgehead atoms. The van der Waals surface area contributed by atoms with Crippen LogP contribution in [-0.2, 0) is 0 Å². The van der Waals surface area contributed by atoms with Gasteiger partial charge >= 0.3 is 0 Å². The summed E-state index contributed by atoms with van der Waals surface area (Å²) in [5.41, 5.74) is 18.0. The molecule has 6 nitrogen and oxygen atoms in total. The molecule has 0 aliphatic carbocycles. The van der Waals surface area contributed by atoms with E-state index in [1.807, 2.05) is 46.9 Å². The van der Waals surface area contributed by atoms with Crippen molar-refractivity contribution in [3.8, 4) is 101 Å². The Morgan fingerprint density at radius 3 is 0.902 bits per heavy atom. The zero-order valence-electron chi connectivity index (χ0n) is 60.3. The number of thiophene rings is 2. The van der Waals surface area contributed by atoms with Crippen LogP contribution < -0.4 is 0 Å². The van der Waals surface area contributed by atoms with Crippen LogP contribution in [0.15, 0.2) is 376 Å². The van der Waals surface area contributed by atoms with E-state index in [1.165, 1.54) is 105 Å². The van der Waals surface area contributed by atoms with Crippen molar-refractivity contribution in [1.82, 2.24) is 29.9 Å². The highest BCUT2D eigenvalue weighted by molar-refractivity contribution is 7.27. The number of fused-ring (bicyclic) bond motifs is 22. The van der Waals surface area contributed by atoms with E-state index in [0.717, 1.165) is 111 Å². The van der Waals surface area contributed by atoms with Gasteiger partial charge in [0.1, 0.15) is 0 Å². The summed E-state index contributed by atoms with van der Waals surface area (Å²) in [7, 11) is 0. The Kier molecular flexibility index (Phi) is 15.5. The molecule has 23 rings (SSSR count). The molecule has 6 aromatic heterocycles. The van der Waals surface area contributed by atoms with Crippen LogP contribution in [0.2, 0.25) is 0 Å². The van der Waals surface area contributed by atoms with Crippen molar-refractivity contribution >= 4 is 149 Å². The predicted octanol–water partition coefficient (Wildman–Crippen LogP) is 28.7. The summed E-state index contributed by atoms with van der Waals surface area (Å²) in [4.78, 5) is 32.1. The molecule has 112 heavy (non-hydrogen) atoms. The van der Waals surface area contributed by atoms with Gasteiger partial charge in [0, 0.05) is 95.6 Å². The van der Waals surface area contributed by atoms with Crippen LogP contribution in [0.25, 0.3) is 228 Å². The second-order valence-electron chi connectivity index (χ2n) is 28.6. The van der Waals surface area contributed by atoms with Crippen LogP contribution in [0.1, 0.15) is 0 Å². The summed E-state index contributed by atoms with van der Waals surface area (Å²) < 4.78 is 4.87. The largest absolute Gasteiger partial charge is 0.247 e. The standard InChI is InChI=1S/C55H33N3S.C49H29N3S/c1-3-14-34(15-4-1)35-26-28-37(29-27-35)55-57-48(36-16-5-2-6-17-36)33-49(58-55)44-23-13-24-47-51(44)54-52(45-22-11-12-25-50(45)59-54)53(56-47)38-30-31-43-41-20-8-7-18-39(41)40-19-9-10-21-42(40)46(43)32-38;1-3-14-30(15-4-1)42-29-43(31-16-5-2-6-17-31)52-49(51-42)39-23-13-24-41-45(39)48-46(38-22-11-12-25-44(38)53-48)47(50-41)32-26-27-37-35-20-8-7-18-33(35)34-19-9-10-21-36(34)40(37)28-32/h1-33H;1-29H. The van der Waals surface area contributed by atoms with Gasteiger partial charge in [0.05, 0.1) is 45.2 Å². The van der Waals surface area contributed by atoms with Crippen molar-refractivity contribution in [3.05, 3.63) is 376 Å². The maximum Gasteiger partial charge on any atom is 0.161 e. The van der Waals surface area contributed by atoms with E-state index in [0.29, 0.717) is 11.6 Å². The number of rotatable bonds is 9. The third kappa shape index (κ3) is 11.0. The van der Waals surface area contributed by atoms with Gasteiger partial charge in [0.2, 0.25) is 0 Å². The summed E-state index contributed by atoms with van der Waals surface area (Å²) in [5, 5.41) is 22.0. The Morgan fingerprint density at radius 2 is 0.473 bits per heavy atom. The molecule has 8 heteroatoms. The number of benzene rings is 17. The van der Waals surface area contributed by atoms with E-state index in [-0.39, 0.29) is 0 Å². The molecular weight excluding hydrogens is 1400 g/mol. The lowest BCUT2D eigenvalue weighted by molar-refractivity contribution is 1.18. The second-order valence-corrected chi connectivity index (χ2v) is 30.7. The maximum atomic E-state index is 5.59. The van der Waals surface area contributed by atoms with E-state index in [4.69, 9.17) is 29.9 Å². The Bertz CT molecular complexity index is 7610. The molecule has 0 saturated heterocycles. The van der Waals surface area contributed by atoms with E-state index >= 15 is 0 Å². The Morgan fingerprint density at radius 1 is 0.170 bits per heavy atom. The molecule has 0 N–H and O–H groups in total. The summed E-state index contributed by atoms with van der Waals surface area (Å²) in [6.07, 6.45) is 0. The highest BCUT2D eigenvalue weighted by Crippen LogP contribution is 2.50. The van der Waals surface area contributed by atoms with Gasteiger partial charge in [-0.15, -0.1) is 22.7 Å². The number of hydrogen-bond acceptors (Lipinski definition) is 8. The second kappa shape index (κ2) is 26.8. The maximum absolute atomic E-state index is 5.59. The molecule has 0 radical (unpaired) electrons. The van der Waals surface area contributed by atoms with Crippen LogP contribution in [0, 0.1) is 0 Å². The smallest absolute Gasteiger partial charge is 0.161 e. The summed E-state index contributed by atoms with van der Waals surface area (Å²) >= 11 is 3.66. The fraction of sp³-hybridized carbons (Fsp3) is 0. The summed E-state index contributed by atoms with van der Waals surface area (Å²) in [5.74, 6) is 1.37. The van der Waals surface area contributed by atoms with Crippen LogP contribution in [0.4, 0.5) is 0 Å². The quantitative estimate of drug-likeness (QED) is 0.134. The molecule has 0 aliphatic heterocycles. The molecular formula is C104H62N6S2. The third-order valence-corrected chi connectivity index (χ3v) is 24.5. The van der Waals surface area contributed by atoms with Gasteiger partial charge in [0.25, 0.3) is 0 Å². The van der Waals surface area contributed by atoms with Gasteiger partial charge in [-0.2, -0.15) is 0 Å². The lowest BCUT2D eigenvalue weighted by Gasteiger charge is -2.15. The van der Waals surface area contributed by atoms with Gasteiger partial charge in [-0.25, -0.2) is 29.9 Å². The van der Waals surface area contributed by atoms with E-state index in [1.54, 1.807) is 0 Å². The third-order valence-electron chi connectivity index (χ3n) is 22.1. The Hall–Kier alpha value is -14.3. The first kappa shape index (κ1) is 64.9. The zero-order chi connectivity index (χ0) is 73.7. The Balaban J connectivity index is 0.000000138. The first-order valence-corrected chi connectivity index (χ1v) is 39.4. The first-order valence-electron chi connectivity index (χ1n) is 37.8. The van der Waals surface area contributed by atoms with Crippen molar-refractivity contribution in [1.29, 1.82) is 0 Å². The van der Waals surface area contributed by atoms with E-state index in [9.17, 15) is 0 Å². The first-order chi connectivity index (χ1) is 55.5. The molecule has 0 atom stereocenters. The van der Waals surface area contributed by atoms with Gasteiger partial charge in [0.15, 0.2) is 11.6 Å². The van der Waals surface area contributed by atoms with Crippen molar-refractivity contribution in [3.63, 3.8) is 0 Å². The lowest BCUT2D eigenvalue weighted by Crippen LogP contribution is -1.97. The number of aromatic nitrogens is 6. The van der Waals surface area contributed by atoms with Crippen LogP contribution in [0.5, 0.6) is 0 Å². The average molecular weight is 1460 g/mol. The van der Waals surface area contributed by atoms with E-state index in [2.05, 4.69) is 352 Å². The van der Waals surface area contributed by atoms with Gasteiger partial charge in [-0.3, -0.25) is 0 Å². The van der Waals surface area contributed by atoms with Crippen LogP contribution >= 0.6 is 22.7 Å². The normalized spacial score (nSPS) is 11.8. The molecule has 520 valence electrons.